The highest BCUT2D eigenvalue weighted by atomic mass is 16.5. The van der Waals surface area contributed by atoms with Gasteiger partial charge in [-0.1, -0.05) is 19.0 Å². The minimum Gasteiger partial charge on any atom is -0.394 e. The molecule has 2 heterocycles. The number of hydrogen-bond acceptors (Lipinski definition) is 6. The lowest BCUT2D eigenvalue weighted by molar-refractivity contribution is -0.128. The Morgan fingerprint density at radius 3 is 2.71 bits per heavy atom. The average molecular weight is 394 g/mol. The van der Waals surface area contributed by atoms with E-state index in [0.29, 0.717) is 25.1 Å². The van der Waals surface area contributed by atoms with Gasteiger partial charge in [0.25, 0.3) is 5.91 Å². The van der Waals surface area contributed by atoms with Crippen molar-refractivity contribution in [3.05, 3.63) is 17.5 Å². The number of piperidine rings is 1. The van der Waals surface area contributed by atoms with Gasteiger partial charge in [-0.05, 0) is 38.5 Å². The molecule has 28 heavy (non-hydrogen) atoms. The highest BCUT2D eigenvalue weighted by Gasteiger charge is 2.29. The summed E-state index contributed by atoms with van der Waals surface area (Å²) in [6.07, 6.45) is 2.40. The molecule has 4 N–H and O–H groups in total. The van der Waals surface area contributed by atoms with Crippen LogP contribution in [-0.2, 0) is 9.59 Å². The molecule has 1 saturated heterocycles. The summed E-state index contributed by atoms with van der Waals surface area (Å²) < 4.78 is 4.90. The summed E-state index contributed by atoms with van der Waals surface area (Å²) in [5, 5.41) is 21.6. The van der Waals surface area contributed by atoms with Crippen LogP contribution in [0.2, 0.25) is 0 Å². The largest absolute Gasteiger partial charge is 0.394 e. The van der Waals surface area contributed by atoms with Gasteiger partial charge in [-0.2, -0.15) is 0 Å². The van der Waals surface area contributed by atoms with Gasteiger partial charge in [0.05, 0.1) is 12.6 Å². The number of aromatic nitrogens is 1. The maximum absolute atomic E-state index is 12.8. The van der Waals surface area contributed by atoms with Gasteiger partial charge in [0.2, 0.25) is 11.8 Å². The van der Waals surface area contributed by atoms with Crippen LogP contribution in [-0.4, -0.2) is 53.2 Å². The summed E-state index contributed by atoms with van der Waals surface area (Å²) in [6.45, 7) is 5.95. The molecule has 1 fully saturated rings. The van der Waals surface area contributed by atoms with Crippen LogP contribution in [0.15, 0.2) is 10.6 Å². The third-order valence-electron chi connectivity index (χ3n) is 4.72. The third kappa shape index (κ3) is 6.33. The molecule has 2 rings (SSSR count). The average Bonchev–Trinajstić information content (AvgIpc) is 3.08. The number of carbonyl (C=O) groups excluding carboxylic acids is 3. The molecule has 9 nitrogen and oxygen atoms in total. The van der Waals surface area contributed by atoms with Crippen LogP contribution in [0, 0.1) is 18.8 Å². The maximum atomic E-state index is 12.8. The summed E-state index contributed by atoms with van der Waals surface area (Å²) in [5.74, 6) is -0.509. The smallest absolute Gasteiger partial charge is 0.274 e. The van der Waals surface area contributed by atoms with Crippen molar-refractivity contribution in [2.24, 2.45) is 11.8 Å². The second kappa shape index (κ2) is 10.2. The van der Waals surface area contributed by atoms with Crippen molar-refractivity contribution in [2.45, 2.75) is 58.5 Å². The van der Waals surface area contributed by atoms with E-state index in [1.165, 1.54) is 6.07 Å². The standard InChI is InChI=1S/C19H30N4O5/c1-11(2)7-15(22-19(27)16-8-12(3)28-23-16)18(26)21-14(10-24)9-13-5-4-6-20-17(13)25/h8,11,13-15,24H,4-7,9-10H2,1-3H3,(H,20,25)(H,21,26)(H,22,27)/t13-,14?,15?/m0/s1. The lowest BCUT2D eigenvalue weighted by Gasteiger charge is -2.27. The van der Waals surface area contributed by atoms with Crippen molar-refractivity contribution < 1.29 is 24.0 Å². The van der Waals surface area contributed by atoms with Crippen LogP contribution in [0.3, 0.4) is 0 Å². The van der Waals surface area contributed by atoms with Gasteiger partial charge in [0, 0.05) is 18.5 Å². The number of nitrogens with zero attached hydrogens (tertiary/aromatic N) is 1. The molecule has 3 amide bonds. The number of rotatable bonds is 9. The Kier molecular flexibility index (Phi) is 7.98. The van der Waals surface area contributed by atoms with Crippen LogP contribution < -0.4 is 16.0 Å². The zero-order valence-corrected chi connectivity index (χ0v) is 16.7. The fourth-order valence-corrected chi connectivity index (χ4v) is 3.29. The minimum absolute atomic E-state index is 0.0487. The number of nitrogens with one attached hydrogen (secondary N) is 3. The Morgan fingerprint density at radius 2 is 2.14 bits per heavy atom. The van der Waals surface area contributed by atoms with E-state index in [2.05, 4.69) is 21.1 Å². The van der Waals surface area contributed by atoms with Gasteiger partial charge in [-0.15, -0.1) is 0 Å². The molecule has 2 unspecified atom stereocenters. The molecule has 9 heteroatoms. The first-order chi connectivity index (χ1) is 13.3. The number of aliphatic hydroxyl groups is 1. The lowest BCUT2D eigenvalue weighted by Crippen LogP contribution is -2.52. The van der Waals surface area contributed by atoms with Crippen LogP contribution in [0.5, 0.6) is 0 Å². The minimum atomic E-state index is -0.779. The molecule has 0 saturated carbocycles. The molecule has 1 aliphatic heterocycles. The Morgan fingerprint density at radius 1 is 1.39 bits per heavy atom. The highest BCUT2D eigenvalue weighted by Crippen LogP contribution is 2.17. The molecule has 0 aliphatic carbocycles. The Bertz CT molecular complexity index is 688. The van der Waals surface area contributed by atoms with Gasteiger partial charge in [0.15, 0.2) is 5.69 Å². The van der Waals surface area contributed by atoms with E-state index in [1.54, 1.807) is 6.92 Å². The number of aryl methyl sites for hydroxylation is 1. The van der Waals surface area contributed by atoms with Crippen molar-refractivity contribution in [2.75, 3.05) is 13.2 Å². The van der Waals surface area contributed by atoms with Gasteiger partial charge >= 0.3 is 0 Å². The van der Waals surface area contributed by atoms with Crippen molar-refractivity contribution >= 4 is 17.7 Å². The second-order valence-corrected chi connectivity index (χ2v) is 7.73. The fraction of sp³-hybridized carbons (Fsp3) is 0.684. The maximum Gasteiger partial charge on any atom is 0.274 e. The molecule has 0 radical (unpaired) electrons. The predicted molar refractivity (Wildman–Crippen MR) is 101 cm³/mol. The van der Waals surface area contributed by atoms with Crippen LogP contribution in [0.1, 0.15) is 55.8 Å². The lowest BCUT2D eigenvalue weighted by atomic mass is 9.91. The molecule has 1 aromatic rings. The normalized spacial score (nSPS) is 19.0. The SMILES string of the molecule is Cc1cc(C(=O)NC(CC(C)C)C(=O)NC(CO)C[C@@H]2CCCNC2=O)no1. The van der Waals surface area contributed by atoms with Crippen molar-refractivity contribution in [1.82, 2.24) is 21.1 Å². The molecular formula is C19H30N4O5. The predicted octanol–water partition coefficient (Wildman–Crippen LogP) is 0.521. The molecule has 3 atom stereocenters. The zero-order chi connectivity index (χ0) is 20.7. The molecule has 0 spiro atoms. The monoisotopic (exact) mass is 394 g/mol. The fourth-order valence-electron chi connectivity index (χ4n) is 3.29. The van der Waals surface area contributed by atoms with Crippen molar-refractivity contribution in [3.63, 3.8) is 0 Å². The quantitative estimate of drug-likeness (QED) is 0.483. The summed E-state index contributed by atoms with van der Waals surface area (Å²) >= 11 is 0. The van der Waals surface area contributed by atoms with E-state index < -0.39 is 23.9 Å². The van der Waals surface area contributed by atoms with E-state index in [4.69, 9.17) is 4.52 Å². The summed E-state index contributed by atoms with van der Waals surface area (Å²) in [5.41, 5.74) is 0.108. The number of aliphatic hydroxyl groups excluding tert-OH is 1. The Hall–Kier alpha value is -2.42. The van der Waals surface area contributed by atoms with Gasteiger partial charge < -0.3 is 25.6 Å². The van der Waals surface area contributed by atoms with E-state index >= 15 is 0 Å². The topological polar surface area (TPSA) is 134 Å². The van der Waals surface area contributed by atoms with Crippen molar-refractivity contribution in [3.8, 4) is 0 Å². The van der Waals surface area contributed by atoms with Crippen LogP contribution >= 0.6 is 0 Å². The highest BCUT2D eigenvalue weighted by molar-refractivity contribution is 5.96. The van der Waals surface area contributed by atoms with E-state index in [-0.39, 0.29) is 30.0 Å². The first-order valence-corrected chi connectivity index (χ1v) is 9.73. The summed E-state index contributed by atoms with van der Waals surface area (Å²) in [6, 6.07) is 0.165. The second-order valence-electron chi connectivity index (χ2n) is 7.73. The molecule has 0 bridgehead atoms. The molecular weight excluding hydrogens is 364 g/mol. The van der Waals surface area contributed by atoms with Gasteiger partial charge in [-0.3, -0.25) is 14.4 Å². The Balaban J connectivity index is 1.99. The summed E-state index contributed by atoms with van der Waals surface area (Å²) in [4.78, 5) is 37.1. The van der Waals surface area contributed by atoms with E-state index in [0.717, 1.165) is 12.8 Å². The number of carbonyl (C=O) groups is 3. The Labute approximate surface area is 164 Å². The zero-order valence-electron chi connectivity index (χ0n) is 16.7. The summed E-state index contributed by atoms with van der Waals surface area (Å²) in [7, 11) is 0. The molecule has 1 aliphatic rings. The number of amides is 3. The first kappa shape index (κ1) is 21.9. The number of hydrogen-bond donors (Lipinski definition) is 4. The van der Waals surface area contributed by atoms with Crippen LogP contribution in [0.4, 0.5) is 0 Å². The molecule has 156 valence electrons. The van der Waals surface area contributed by atoms with Gasteiger partial charge in [0.1, 0.15) is 11.8 Å². The van der Waals surface area contributed by atoms with Gasteiger partial charge in [-0.25, -0.2) is 0 Å². The molecule has 1 aromatic heterocycles. The van der Waals surface area contributed by atoms with E-state index in [1.807, 2.05) is 13.8 Å². The van der Waals surface area contributed by atoms with Crippen molar-refractivity contribution in [1.29, 1.82) is 0 Å². The van der Waals surface area contributed by atoms with Crippen LogP contribution in [0.25, 0.3) is 0 Å². The third-order valence-corrected chi connectivity index (χ3v) is 4.72. The molecule has 0 aromatic carbocycles. The first-order valence-electron chi connectivity index (χ1n) is 9.73. The van der Waals surface area contributed by atoms with E-state index in [9.17, 15) is 19.5 Å².